The first-order valence-electron chi connectivity index (χ1n) is 8.94. The number of likely N-dealkylation sites (tertiary alicyclic amines) is 1. The van der Waals surface area contributed by atoms with Crippen LogP contribution in [0.15, 0.2) is 42.5 Å². The Hall–Kier alpha value is -2.47. The van der Waals surface area contributed by atoms with E-state index in [9.17, 15) is 9.18 Å². The summed E-state index contributed by atoms with van der Waals surface area (Å²) in [6.07, 6.45) is 2.19. The number of hydrogen-bond acceptors (Lipinski definition) is 4. The van der Waals surface area contributed by atoms with Gasteiger partial charge in [-0.15, -0.1) is 0 Å². The molecule has 1 aromatic heterocycles. The molecule has 1 aromatic carbocycles. The fraction of sp³-hybridized carbons (Fsp3) is 0.400. The molecule has 2 heterocycles. The number of carbonyl (C=O) groups is 1. The van der Waals surface area contributed by atoms with Gasteiger partial charge in [0.1, 0.15) is 18.2 Å². The highest BCUT2D eigenvalue weighted by atomic mass is 19.1. The Kier molecular flexibility index (Phi) is 6.17. The van der Waals surface area contributed by atoms with Gasteiger partial charge >= 0.3 is 0 Å². The summed E-state index contributed by atoms with van der Waals surface area (Å²) in [5.41, 5.74) is 1.90. The van der Waals surface area contributed by atoms with Crippen LogP contribution in [0, 0.1) is 5.82 Å². The topological polar surface area (TPSA) is 54.5 Å². The van der Waals surface area contributed by atoms with Gasteiger partial charge in [-0.2, -0.15) is 0 Å². The van der Waals surface area contributed by atoms with Gasteiger partial charge in [0, 0.05) is 13.5 Å². The van der Waals surface area contributed by atoms with Crippen molar-refractivity contribution in [2.45, 2.75) is 32.4 Å². The average molecular weight is 357 g/mol. The zero-order chi connectivity index (χ0) is 18.4. The molecule has 0 spiro atoms. The van der Waals surface area contributed by atoms with Crippen LogP contribution in [0.4, 0.5) is 4.39 Å². The third-order valence-corrected chi connectivity index (χ3v) is 4.51. The Bertz CT molecular complexity index is 736. The lowest BCUT2D eigenvalue weighted by molar-refractivity contribution is -0.119. The van der Waals surface area contributed by atoms with E-state index in [1.807, 2.05) is 18.2 Å². The van der Waals surface area contributed by atoms with Crippen LogP contribution in [-0.2, 0) is 11.3 Å². The summed E-state index contributed by atoms with van der Waals surface area (Å²) in [5.74, 6) is 0.359. The molecule has 0 saturated carbocycles. The first-order chi connectivity index (χ1) is 12.6. The van der Waals surface area contributed by atoms with Crippen molar-refractivity contribution in [3.05, 3.63) is 59.7 Å². The van der Waals surface area contributed by atoms with Crippen LogP contribution in [0.1, 0.15) is 37.2 Å². The molecule has 1 aliphatic heterocycles. The van der Waals surface area contributed by atoms with Crippen molar-refractivity contribution in [3.8, 4) is 5.75 Å². The van der Waals surface area contributed by atoms with Gasteiger partial charge in [0.25, 0.3) is 0 Å². The zero-order valence-electron chi connectivity index (χ0n) is 15.0. The van der Waals surface area contributed by atoms with Gasteiger partial charge in [0.05, 0.1) is 24.0 Å². The summed E-state index contributed by atoms with van der Waals surface area (Å²) >= 11 is 0. The molecule has 138 valence electrons. The molecule has 26 heavy (non-hydrogen) atoms. The summed E-state index contributed by atoms with van der Waals surface area (Å²) in [6, 6.07) is 12.3. The Labute approximate surface area is 153 Å². The van der Waals surface area contributed by atoms with E-state index in [0.717, 1.165) is 37.3 Å². The molecule has 6 heteroatoms. The number of rotatable bonds is 7. The van der Waals surface area contributed by atoms with Crippen LogP contribution in [0.3, 0.4) is 0 Å². The number of hydrogen-bond donors (Lipinski definition) is 1. The Balaban J connectivity index is 1.56. The third-order valence-electron chi connectivity index (χ3n) is 4.51. The van der Waals surface area contributed by atoms with E-state index >= 15 is 0 Å². The van der Waals surface area contributed by atoms with Crippen LogP contribution in [0.2, 0.25) is 0 Å². The molecular formula is C20H24FN3O2. The number of pyridine rings is 1. The molecule has 2 aromatic rings. The van der Waals surface area contributed by atoms with Crippen LogP contribution < -0.4 is 10.1 Å². The Morgan fingerprint density at radius 2 is 2.12 bits per heavy atom. The minimum Gasteiger partial charge on any atom is -0.492 e. The van der Waals surface area contributed by atoms with Gasteiger partial charge in [0.2, 0.25) is 5.91 Å². The van der Waals surface area contributed by atoms with Crippen LogP contribution >= 0.6 is 0 Å². The van der Waals surface area contributed by atoms with E-state index in [1.54, 1.807) is 12.1 Å². The molecule has 1 saturated heterocycles. The quantitative estimate of drug-likeness (QED) is 0.827. The second-order valence-corrected chi connectivity index (χ2v) is 6.46. The van der Waals surface area contributed by atoms with Crippen molar-refractivity contribution in [2.75, 3.05) is 19.7 Å². The van der Waals surface area contributed by atoms with Crippen LogP contribution in [0.5, 0.6) is 5.75 Å². The molecule has 0 bridgehead atoms. The number of amides is 1. The highest BCUT2D eigenvalue weighted by Gasteiger charge is 2.26. The van der Waals surface area contributed by atoms with Crippen LogP contribution in [-0.4, -0.2) is 35.5 Å². The number of nitrogens with one attached hydrogen (secondary N) is 1. The van der Waals surface area contributed by atoms with Crippen molar-refractivity contribution in [1.82, 2.24) is 15.2 Å². The lowest BCUT2D eigenvalue weighted by Crippen LogP contribution is -2.29. The summed E-state index contributed by atoms with van der Waals surface area (Å²) < 4.78 is 18.7. The third kappa shape index (κ3) is 5.02. The lowest BCUT2D eigenvalue weighted by Gasteiger charge is -2.24. The van der Waals surface area contributed by atoms with Gasteiger partial charge in [0.15, 0.2) is 0 Å². The SMILES string of the molecule is CC(=O)NCc1cccc([C@H]2CCCN2CCOc2ccc(F)cc2)n1. The number of aromatic nitrogens is 1. The molecule has 1 amide bonds. The fourth-order valence-electron chi connectivity index (χ4n) is 3.24. The van der Waals surface area contributed by atoms with E-state index in [-0.39, 0.29) is 17.8 Å². The second-order valence-electron chi connectivity index (χ2n) is 6.46. The van der Waals surface area contributed by atoms with Crippen molar-refractivity contribution in [1.29, 1.82) is 0 Å². The fourth-order valence-corrected chi connectivity index (χ4v) is 3.24. The Morgan fingerprint density at radius 1 is 1.31 bits per heavy atom. The van der Waals surface area contributed by atoms with Crippen LogP contribution in [0.25, 0.3) is 0 Å². The predicted molar refractivity (Wildman–Crippen MR) is 97.2 cm³/mol. The molecule has 1 fully saturated rings. The normalized spacial score (nSPS) is 17.2. The summed E-state index contributed by atoms with van der Waals surface area (Å²) in [7, 11) is 0. The zero-order valence-corrected chi connectivity index (χ0v) is 15.0. The number of halogens is 1. The average Bonchev–Trinajstić information content (AvgIpc) is 3.10. The molecule has 1 N–H and O–H groups in total. The first-order valence-corrected chi connectivity index (χ1v) is 8.94. The maximum absolute atomic E-state index is 12.9. The minimum atomic E-state index is -0.262. The monoisotopic (exact) mass is 357 g/mol. The number of benzene rings is 1. The molecule has 5 nitrogen and oxygen atoms in total. The molecule has 0 aliphatic carbocycles. The molecule has 3 rings (SSSR count). The molecular weight excluding hydrogens is 333 g/mol. The highest BCUT2D eigenvalue weighted by molar-refractivity contribution is 5.72. The van der Waals surface area contributed by atoms with Gasteiger partial charge in [-0.3, -0.25) is 14.7 Å². The van der Waals surface area contributed by atoms with E-state index < -0.39 is 0 Å². The Morgan fingerprint density at radius 3 is 2.88 bits per heavy atom. The van der Waals surface area contributed by atoms with E-state index in [2.05, 4.69) is 10.2 Å². The first kappa shape index (κ1) is 18.3. The van der Waals surface area contributed by atoms with Gasteiger partial charge < -0.3 is 10.1 Å². The maximum Gasteiger partial charge on any atom is 0.217 e. The van der Waals surface area contributed by atoms with Crippen molar-refractivity contribution >= 4 is 5.91 Å². The number of ether oxygens (including phenoxy) is 1. The summed E-state index contributed by atoms with van der Waals surface area (Å²) in [4.78, 5) is 18.2. The predicted octanol–water partition coefficient (Wildman–Crippen LogP) is 3.07. The van der Waals surface area contributed by atoms with E-state index in [0.29, 0.717) is 18.9 Å². The molecule has 0 radical (unpaired) electrons. The summed E-state index contributed by atoms with van der Waals surface area (Å²) in [5, 5.41) is 2.79. The molecule has 1 aliphatic rings. The van der Waals surface area contributed by atoms with Gasteiger partial charge in [-0.25, -0.2) is 4.39 Å². The smallest absolute Gasteiger partial charge is 0.217 e. The number of carbonyl (C=O) groups excluding carboxylic acids is 1. The second kappa shape index (κ2) is 8.76. The minimum absolute atomic E-state index is 0.0577. The highest BCUT2D eigenvalue weighted by Crippen LogP contribution is 2.30. The van der Waals surface area contributed by atoms with Gasteiger partial charge in [-0.1, -0.05) is 6.07 Å². The largest absolute Gasteiger partial charge is 0.492 e. The standard InChI is InChI=1S/C20H24FN3O2/c1-15(25)22-14-17-4-2-5-19(23-17)20-6-3-11-24(20)12-13-26-18-9-7-16(21)8-10-18/h2,4-5,7-10,20H,3,6,11-14H2,1H3,(H,22,25)/t20-/m1/s1. The van der Waals surface area contributed by atoms with E-state index in [1.165, 1.54) is 19.1 Å². The van der Waals surface area contributed by atoms with Crippen molar-refractivity contribution in [3.63, 3.8) is 0 Å². The van der Waals surface area contributed by atoms with E-state index in [4.69, 9.17) is 9.72 Å². The van der Waals surface area contributed by atoms with Crippen molar-refractivity contribution in [2.24, 2.45) is 0 Å². The maximum atomic E-state index is 12.9. The molecule has 0 unspecified atom stereocenters. The lowest BCUT2D eigenvalue weighted by atomic mass is 10.1. The number of nitrogens with zero attached hydrogens (tertiary/aromatic N) is 2. The van der Waals surface area contributed by atoms with Crippen molar-refractivity contribution < 1.29 is 13.9 Å². The van der Waals surface area contributed by atoms with Gasteiger partial charge in [-0.05, 0) is 55.8 Å². The molecule has 1 atom stereocenters. The summed E-state index contributed by atoms with van der Waals surface area (Å²) in [6.45, 7) is 4.30.